The van der Waals surface area contributed by atoms with Gasteiger partial charge in [0.25, 0.3) is 5.78 Å². The number of nitrogens with zero attached hydrogens (tertiary/aromatic N) is 5. The van der Waals surface area contributed by atoms with Gasteiger partial charge in [-0.05, 0) is 13.3 Å². The third-order valence-corrected chi connectivity index (χ3v) is 2.95. The molecular formula is C12H14N6O. The first kappa shape index (κ1) is 11.6. The maximum Gasteiger partial charge on any atom is 0.254 e. The topological polar surface area (TPSA) is 81.1 Å². The van der Waals surface area contributed by atoms with Crippen LogP contribution in [0.3, 0.4) is 0 Å². The molecule has 7 nitrogen and oxygen atoms in total. The molecule has 0 aliphatic rings. The third kappa shape index (κ3) is 2.14. The van der Waals surface area contributed by atoms with Crippen molar-refractivity contribution >= 4 is 11.6 Å². The van der Waals surface area contributed by atoms with Gasteiger partial charge in [0.15, 0.2) is 0 Å². The van der Waals surface area contributed by atoms with Crippen LogP contribution in [0.5, 0.6) is 0 Å². The fourth-order valence-electron chi connectivity index (χ4n) is 1.82. The second kappa shape index (κ2) is 4.68. The molecule has 1 N–H and O–H groups in total. The Morgan fingerprint density at radius 1 is 1.42 bits per heavy atom. The van der Waals surface area contributed by atoms with E-state index in [4.69, 9.17) is 4.52 Å². The highest BCUT2D eigenvalue weighted by molar-refractivity contribution is 5.45. The molecule has 3 aromatic rings. The summed E-state index contributed by atoms with van der Waals surface area (Å²) >= 11 is 0. The van der Waals surface area contributed by atoms with Crippen LogP contribution in [-0.4, -0.2) is 24.7 Å². The molecular weight excluding hydrogens is 244 g/mol. The van der Waals surface area contributed by atoms with Gasteiger partial charge in [0.1, 0.15) is 24.1 Å². The number of rotatable bonds is 4. The molecule has 3 aromatic heterocycles. The van der Waals surface area contributed by atoms with E-state index in [0.717, 1.165) is 29.2 Å². The summed E-state index contributed by atoms with van der Waals surface area (Å²) in [6.45, 7) is 4.59. The van der Waals surface area contributed by atoms with Crippen molar-refractivity contribution in [1.29, 1.82) is 0 Å². The quantitative estimate of drug-likeness (QED) is 0.765. The number of hydrogen-bond donors (Lipinski definition) is 1. The Labute approximate surface area is 109 Å². The van der Waals surface area contributed by atoms with E-state index in [-0.39, 0.29) is 0 Å². The highest BCUT2D eigenvalue weighted by Gasteiger charge is 2.08. The van der Waals surface area contributed by atoms with Crippen molar-refractivity contribution in [2.75, 3.05) is 5.32 Å². The molecule has 0 unspecified atom stereocenters. The van der Waals surface area contributed by atoms with Gasteiger partial charge in [-0.25, -0.2) is 4.98 Å². The largest absolute Gasteiger partial charge is 0.364 e. The molecule has 0 spiro atoms. The molecule has 0 aliphatic heterocycles. The molecule has 0 aromatic carbocycles. The lowest BCUT2D eigenvalue weighted by Crippen LogP contribution is -2.08. The van der Waals surface area contributed by atoms with Crippen LogP contribution in [0, 0.1) is 6.92 Å². The Balaban J connectivity index is 1.91. The van der Waals surface area contributed by atoms with E-state index in [1.165, 1.54) is 6.33 Å². The molecule has 3 heterocycles. The van der Waals surface area contributed by atoms with Gasteiger partial charge in [-0.15, -0.1) is 0 Å². The lowest BCUT2D eigenvalue weighted by molar-refractivity contribution is 0.412. The summed E-state index contributed by atoms with van der Waals surface area (Å²) in [7, 11) is 0. The normalized spacial score (nSPS) is 11.1. The van der Waals surface area contributed by atoms with E-state index >= 15 is 0 Å². The summed E-state index contributed by atoms with van der Waals surface area (Å²) in [6.07, 6.45) is 3.97. The molecule has 0 saturated carbocycles. The van der Waals surface area contributed by atoms with Crippen LogP contribution in [-0.2, 0) is 13.0 Å². The summed E-state index contributed by atoms with van der Waals surface area (Å²) in [5.74, 6) is 1.44. The Kier molecular flexibility index (Phi) is 2.86. The number of aryl methyl sites for hydroxylation is 2. The zero-order chi connectivity index (χ0) is 13.2. The minimum atomic E-state index is 0.574. The second-order valence-electron chi connectivity index (χ2n) is 4.26. The lowest BCUT2D eigenvalue weighted by atomic mass is 10.3. The van der Waals surface area contributed by atoms with E-state index in [1.54, 1.807) is 10.8 Å². The summed E-state index contributed by atoms with van der Waals surface area (Å²) in [4.78, 5) is 8.51. The zero-order valence-electron chi connectivity index (χ0n) is 10.8. The first-order chi connectivity index (χ1) is 9.28. The highest BCUT2D eigenvalue weighted by atomic mass is 16.5. The van der Waals surface area contributed by atoms with Crippen LogP contribution >= 0.6 is 0 Å². The van der Waals surface area contributed by atoms with Gasteiger partial charge in [-0.1, -0.05) is 12.1 Å². The van der Waals surface area contributed by atoms with Gasteiger partial charge in [0, 0.05) is 17.3 Å². The number of anilines is 1. The minimum absolute atomic E-state index is 0.574. The molecule has 0 aliphatic carbocycles. The van der Waals surface area contributed by atoms with E-state index in [0.29, 0.717) is 12.3 Å². The van der Waals surface area contributed by atoms with Crippen molar-refractivity contribution in [2.45, 2.75) is 26.8 Å². The van der Waals surface area contributed by atoms with Crippen molar-refractivity contribution < 1.29 is 4.52 Å². The summed E-state index contributed by atoms with van der Waals surface area (Å²) in [5.41, 5.74) is 2.87. The molecule has 0 saturated heterocycles. The Morgan fingerprint density at radius 3 is 3.05 bits per heavy atom. The Hall–Kier alpha value is -2.44. The van der Waals surface area contributed by atoms with Gasteiger partial charge < -0.3 is 9.84 Å². The number of hydrogen-bond acceptors (Lipinski definition) is 6. The standard InChI is InChI=1S/C12H14N6O/c1-3-9-4-11(18-12(16-9)14-7-15-18)13-5-10-8(2)6-19-17-10/h4,6-7,13H,3,5H2,1-2H3. The Bertz CT molecular complexity index is 701. The van der Waals surface area contributed by atoms with Crippen LogP contribution in [0.15, 0.2) is 23.2 Å². The monoisotopic (exact) mass is 258 g/mol. The van der Waals surface area contributed by atoms with Crippen LogP contribution in [0.4, 0.5) is 5.82 Å². The predicted molar refractivity (Wildman–Crippen MR) is 68.7 cm³/mol. The van der Waals surface area contributed by atoms with Crippen molar-refractivity contribution in [1.82, 2.24) is 24.7 Å². The molecule has 19 heavy (non-hydrogen) atoms. The van der Waals surface area contributed by atoms with Crippen molar-refractivity contribution in [2.24, 2.45) is 0 Å². The van der Waals surface area contributed by atoms with Crippen LogP contribution in [0.25, 0.3) is 5.78 Å². The summed E-state index contributed by atoms with van der Waals surface area (Å²) < 4.78 is 6.59. The van der Waals surface area contributed by atoms with E-state index in [9.17, 15) is 0 Å². The molecule has 7 heteroatoms. The number of aromatic nitrogens is 5. The fourth-order valence-corrected chi connectivity index (χ4v) is 1.82. The first-order valence-electron chi connectivity index (χ1n) is 6.11. The van der Waals surface area contributed by atoms with Gasteiger partial charge in [0.05, 0.1) is 6.54 Å². The van der Waals surface area contributed by atoms with Crippen molar-refractivity contribution in [3.05, 3.63) is 35.6 Å². The average molecular weight is 258 g/mol. The number of fused-ring (bicyclic) bond motifs is 1. The summed E-state index contributed by atoms with van der Waals surface area (Å²) in [6, 6.07) is 1.97. The maximum absolute atomic E-state index is 4.91. The Morgan fingerprint density at radius 2 is 2.32 bits per heavy atom. The molecule has 0 bridgehead atoms. The van der Waals surface area contributed by atoms with Crippen molar-refractivity contribution in [3.63, 3.8) is 0 Å². The highest BCUT2D eigenvalue weighted by Crippen LogP contribution is 2.13. The van der Waals surface area contributed by atoms with Gasteiger partial charge in [-0.3, -0.25) is 0 Å². The van der Waals surface area contributed by atoms with E-state index in [2.05, 4.69) is 32.5 Å². The third-order valence-electron chi connectivity index (χ3n) is 2.95. The fraction of sp³-hybridized carbons (Fsp3) is 0.333. The molecule has 0 fully saturated rings. The van der Waals surface area contributed by atoms with Gasteiger partial charge in [-0.2, -0.15) is 14.6 Å². The van der Waals surface area contributed by atoms with E-state index in [1.807, 2.05) is 13.0 Å². The lowest BCUT2D eigenvalue weighted by Gasteiger charge is -2.08. The van der Waals surface area contributed by atoms with Crippen molar-refractivity contribution in [3.8, 4) is 0 Å². The molecule has 0 amide bonds. The molecule has 0 radical (unpaired) electrons. The van der Waals surface area contributed by atoms with Gasteiger partial charge in [0.2, 0.25) is 0 Å². The average Bonchev–Trinajstić information content (AvgIpc) is 3.04. The maximum atomic E-state index is 4.91. The molecule has 3 rings (SSSR count). The smallest absolute Gasteiger partial charge is 0.254 e. The zero-order valence-corrected chi connectivity index (χ0v) is 10.8. The molecule has 98 valence electrons. The van der Waals surface area contributed by atoms with Crippen LogP contribution < -0.4 is 5.32 Å². The molecule has 0 atom stereocenters. The second-order valence-corrected chi connectivity index (χ2v) is 4.26. The first-order valence-corrected chi connectivity index (χ1v) is 6.11. The minimum Gasteiger partial charge on any atom is -0.364 e. The van der Waals surface area contributed by atoms with Gasteiger partial charge >= 0.3 is 0 Å². The van der Waals surface area contributed by atoms with Crippen LogP contribution in [0.1, 0.15) is 23.9 Å². The van der Waals surface area contributed by atoms with Crippen LogP contribution in [0.2, 0.25) is 0 Å². The van der Waals surface area contributed by atoms with E-state index < -0.39 is 0 Å². The summed E-state index contributed by atoms with van der Waals surface area (Å²) in [5, 5.41) is 11.4. The SMILES string of the molecule is CCc1cc(NCc2nocc2C)n2ncnc2n1. The predicted octanol–water partition coefficient (Wildman–Crippen LogP) is 1.60. The number of nitrogens with one attached hydrogen (secondary N) is 1.